The molecule has 0 fully saturated rings. The van der Waals surface area contributed by atoms with Gasteiger partial charge in [0.25, 0.3) is 0 Å². The monoisotopic (exact) mass is 346 g/mol. The molecule has 0 unspecified atom stereocenters. The molecular formula is C20H15ClN4. The molecule has 5 heterocycles. The van der Waals surface area contributed by atoms with Gasteiger partial charge < -0.3 is 19.9 Å². The van der Waals surface area contributed by atoms with Gasteiger partial charge in [0.15, 0.2) is 0 Å². The number of rotatable bonds is 0. The molecule has 0 saturated carbocycles. The van der Waals surface area contributed by atoms with Crippen molar-refractivity contribution < 1.29 is 0 Å². The summed E-state index contributed by atoms with van der Waals surface area (Å²) >= 11 is 6.56. The van der Waals surface area contributed by atoms with Crippen molar-refractivity contribution in [3.05, 3.63) is 92.7 Å². The molecule has 4 aromatic heterocycles. The molecule has 25 heavy (non-hydrogen) atoms. The highest BCUT2D eigenvalue weighted by Gasteiger charge is 2.04. The van der Waals surface area contributed by atoms with E-state index in [1.165, 1.54) is 0 Å². The molecule has 5 heteroatoms. The Balaban J connectivity index is 1.82. The van der Waals surface area contributed by atoms with Crippen LogP contribution in [0.1, 0.15) is 22.8 Å². The summed E-state index contributed by atoms with van der Waals surface area (Å²) in [6, 6.07) is 16.3. The molecule has 1 aliphatic rings. The van der Waals surface area contributed by atoms with Gasteiger partial charge in [0.1, 0.15) is 0 Å². The van der Waals surface area contributed by atoms with E-state index < -0.39 is 0 Å². The zero-order valence-electron chi connectivity index (χ0n) is 13.2. The first-order valence-corrected chi connectivity index (χ1v) is 8.44. The van der Waals surface area contributed by atoms with Gasteiger partial charge in [0, 0.05) is 33.1 Å². The molecule has 8 bridgehead atoms. The maximum atomic E-state index is 6.56. The Morgan fingerprint density at radius 3 is 1.80 bits per heavy atom. The van der Waals surface area contributed by atoms with Crippen LogP contribution >= 0.6 is 11.6 Å². The number of aromatic amines is 4. The van der Waals surface area contributed by atoms with Crippen LogP contribution in [-0.2, 0) is 0 Å². The number of hydrogen-bond acceptors (Lipinski definition) is 0. The molecule has 0 radical (unpaired) electrons. The van der Waals surface area contributed by atoms with Crippen LogP contribution in [0.25, 0.3) is 23.3 Å². The highest BCUT2D eigenvalue weighted by atomic mass is 35.5. The summed E-state index contributed by atoms with van der Waals surface area (Å²) in [5, 5.41) is 4.62. The highest BCUT2D eigenvalue weighted by molar-refractivity contribution is 6.48. The summed E-state index contributed by atoms with van der Waals surface area (Å²) in [4.78, 5) is 13.5. The lowest BCUT2D eigenvalue weighted by Gasteiger charge is -1.93. The lowest BCUT2D eigenvalue weighted by molar-refractivity contribution is 1.23. The van der Waals surface area contributed by atoms with Crippen LogP contribution in [0.2, 0.25) is 0 Å². The zero-order chi connectivity index (χ0) is 16.8. The van der Waals surface area contributed by atoms with Gasteiger partial charge in [-0.1, -0.05) is 11.6 Å². The van der Waals surface area contributed by atoms with E-state index in [9.17, 15) is 0 Å². The minimum absolute atomic E-state index is 0.666. The lowest BCUT2D eigenvalue weighted by Crippen LogP contribution is -2.12. The summed E-state index contributed by atoms with van der Waals surface area (Å²) in [5.74, 6) is 0. The van der Waals surface area contributed by atoms with Crippen molar-refractivity contribution >= 4 is 34.9 Å². The third-order valence-corrected chi connectivity index (χ3v) is 4.69. The fraction of sp³-hybridized carbons (Fsp3) is 0. The van der Waals surface area contributed by atoms with Gasteiger partial charge in [0.2, 0.25) is 0 Å². The molecule has 0 spiro atoms. The van der Waals surface area contributed by atoms with Crippen molar-refractivity contribution in [3.63, 3.8) is 0 Å². The Hall–Kier alpha value is -3.11. The normalized spacial score (nSPS) is 13.1. The molecule has 0 atom stereocenters. The summed E-state index contributed by atoms with van der Waals surface area (Å²) < 4.78 is 0. The number of fused-ring (bicyclic) bond motifs is 8. The van der Waals surface area contributed by atoms with E-state index in [0.29, 0.717) is 5.03 Å². The SMILES string of the molecule is ClC1=c2ccc([nH]2)=Cc2ccc([nH]2)C=c2ccc([nH]2)=Cc2ccc1[nH]2. The average Bonchev–Trinajstić information content (AvgIpc) is 3.36. The smallest absolute Gasteiger partial charge is 0.0875 e. The fourth-order valence-electron chi connectivity index (χ4n) is 3.09. The molecule has 0 aromatic carbocycles. The molecule has 0 aliphatic carbocycles. The van der Waals surface area contributed by atoms with Crippen molar-refractivity contribution in [2.24, 2.45) is 0 Å². The molecule has 0 saturated heterocycles. The molecule has 4 nitrogen and oxygen atoms in total. The molecular weight excluding hydrogens is 332 g/mol. The molecule has 0 amide bonds. The van der Waals surface area contributed by atoms with Crippen molar-refractivity contribution in [1.29, 1.82) is 0 Å². The summed E-state index contributed by atoms with van der Waals surface area (Å²) in [5.41, 5.74) is 3.96. The predicted molar refractivity (Wildman–Crippen MR) is 101 cm³/mol. The van der Waals surface area contributed by atoms with E-state index in [2.05, 4.69) is 62.4 Å². The largest absolute Gasteiger partial charge is 0.355 e. The van der Waals surface area contributed by atoms with Gasteiger partial charge in [-0.15, -0.1) is 0 Å². The Kier molecular flexibility index (Phi) is 3.11. The van der Waals surface area contributed by atoms with Gasteiger partial charge >= 0.3 is 0 Å². The Morgan fingerprint density at radius 1 is 0.520 bits per heavy atom. The van der Waals surface area contributed by atoms with E-state index in [0.717, 1.165) is 44.2 Å². The third-order valence-electron chi connectivity index (χ3n) is 4.29. The minimum atomic E-state index is 0.666. The second-order valence-corrected chi connectivity index (χ2v) is 6.52. The zero-order valence-corrected chi connectivity index (χ0v) is 14.0. The Bertz CT molecular complexity index is 1310. The first-order chi connectivity index (χ1) is 12.2. The van der Waals surface area contributed by atoms with Crippen molar-refractivity contribution in [3.8, 4) is 0 Å². The average molecular weight is 347 g/mol. The predicted octanol–water partition coefficient (Wildman–Crippen LogP) is 1.19. The minimum Gasteiger partial charge on any atom is -0.355 e. The van der Waals surface area contributed by atoms with E-state index in [4.69, 9.17) is 11.6 Å². The number of hydrogen-bond donors (Lipinski definition) is 4. The number of H-pyrrole nitrogens is 4. The fourth-order valence-corrected chi connectivity index (χ4v) is 3.31. The van der Waals surface area contributed by atoms with Crippen LogP contribution in [0.3, 0.4) is 0 Å². The number of nitrogens with one attached hydrogen (secondary N) is 4. The first-order valence-electron chi connectivity index (χ1n) is 8.06. The van der Waals surface area contributed by atoms with Crippen LogP contribution in [0, 0.1) is 0 Å². The van der Waals surface area contributed by atoms with Crippen LogP contribution in [0.5, 0.6) is 0 Å². The van der Waals surface area contributed by atoms with Crippen molar-refractivity contribution in [2.75, 3.05) is 0 Å². The standard InChI is InChI=1S/C20H15ClN4/c21-20-18-7-5-16(24-18)10-14-3-1-12(22-14)9-13-2-4-15(23-13)11-17-6-8-19(20)25-17/h1-11,22-25H. The maximum Gasteiger partial charge on any atom is 0.0875 e. The van der Waals surface area contributed by atoms with Crippen LogP contribution < -0.4 is 21.4 Å². The van der Waals surface area contributed by atoms with Crippen molar-refractivity contribution in [1.82, 2.24) is 19.9 Å². The number of halogens is 1. The molecule has 4 aromatic rings. The van der Waals surface area contributed by atoms with Crippen molar-refractivity contribution in [2.45, 2.75) is 0 Å². The van der Waals surface area contributed by atoms with Gasteiger partial charge in [-0.05, 0) is 66.8 Å². The Labute approximate surface area is 147 Å². The summed E-state index contributed by atoms with van der Waals surface area (Å²) in [6.45, 7) is 0. The Morgan fingerprint density at radius 2 is 1.08 bits per heavy atom. The molecule has 1 aliphatic heterocycles. The van der Waals surface area contributed by atoms with Gasteiger partial charge in [-0.2, -0.15) is 0 Å². The lowest BCUT2D eigenvalue weighted by atomic mass is 10.3. The third kappa shape index (κ3) is 2.66. The topological polar surface area (TPSA) is 63.2 Å². The highest BCUT2D eigenvalue weighted by Crippen LogP contribution is 2.15. The summed E-state index contributed by atoms with van der Waals surface area (Å²) in [7, 11) is 0. The second kappa shape index (κ2) is 5.46. The van der Waals surface area contributed by atoms with E-state index >= 15 is 0 Å². The van der Waals surface area contributed by atoms with Gasteiger partial charge in [-0.3, -0.25) is 0 Å². The van der Waals surface area contributed by atoms with E-state index in [1.54, 1.807) is 0 Å². The van der Waals surface area contributed by atoms with E-state index in [1.807, 2.05) is 24.3 Å². The molecule has 5 rings (SSSR count). The summed E-state index contributed by atoms with van der Waals surface area (Å²) in [6.07, 6.45) is 6.21. The van der Waals surface area contributed by atoms with Gasteiger partial charge in [0.05, 0.1) is 16.1 Å². The maximum absolute atomic E-state index is 6.56. The van der Waals surface area contributed by atoms with Crippen LogP contribution in [0.4, 0.5) is 0 Å². The first kappa shape index (κ1) is 14.3. The number of aromatic nitrogens is 4. The van der Waals surface area contributed by atoms with Crippen LogP contribution in [0.15, 0.2) is 48.5 Å². The van der Waals surface area contributed by atoms with Gasteiger partial charge in [-0.25, -0.2) is 0 Å². The molecule has 122 valence electrons. The second-order valence-electron chi connectivity index (χ2n) is 6.14. The van der Waals surface area contributed by atoms with Crippen LogP contribution in [-0.4, -0.2) is 19.9 Å². The quantitative estimate of drug-likeness (QED) is 0.370. The molecule has 4 N–H and O–H groups in total. The van der Waals surface area contributed by atoms with E-state index in [-0.39, 0.29) is 0 Å².